The lowest BCUT2D eigenvalue weighted by Crippen LogP contribution is -2.33. The van der Waals surface area contributed by atoms with Gasteiger partial charge in [0.25, 0.3) is 0 Å². The molecular weight excluding hydrogens is 396 g/mol. The Bertz CT molecular complexity index is 1030. The van der Waals surface area contributed by atoms with Crippen LogP contribution >= 0.6 is 15.9 Å². The zero-order valence-electron chi connectivity index (χ0n) is 14.1. The molecule has 0 bridgehead atoms. The van der Waals surface area contributed by atoms with Crippen LogP contribution < -0.4 is 22.1 Å². The van der Waals surface area contributed by atoms with Crippen molar-refractivity contribution in [1.29, 1.82) is 10.5 Å². The normalized spacial score (nSPS) is 15.1. The Morgan fingerprint density at radius 3 is 2.62 bits per heavy atom. The van der Waals surface area contributed by atoms with Gasteiger partial charge in [0, 0.05) is 10.0 Å². The largest absolute Gasteiger partial charge is 0.397 e. The van der Waals surface area contributed by atoms with Gasteiger partial charge < -0.3 is 16.8 Å². The Balaban J connectivity index is 2.31. The van der Waals surface area contributed by atoms with Crippen LogP contribution in [0, 0.1) is 36.6 Å². The summed E-state index contributed by atoms with van der Waals surface area (Å²) in [5.74, 6) is 0.634. The van der Waals surface area contributed by atoms with E-state index in [2.05, 4.69) is 36.5 Å². The molecule has 1 aromatic heterocycles. The summed E-state index contributed by atoms with van der Waals surface area (Å²) in [7, 11) is 0. The van der Waals surface area contributed by atoms with Crippen LogP contribution in [0.2, 0.25) is 0 Å². The molecule has 0 radical (unpaired) electrons. The third-order valence-electron chi connectivity index (χ3n) is 4.42. The third-order valence-corrected chi connectivity index (χ3v) is 5.27. The second-order valence-corrected chi connectivity index (χ2v) is 6.64. The molecule has 8 nitrogen and oxygen atoms in total. The van der Waals surface area contributed by atoms with Gasteiger partial charge in [0.1, 0.15) is 29.3 Å². The van der Waals surface area contributed by atoms with E-state index >= 15 is 0 Å². The molecule has 1 atom stereocenters. The maximum atomic E-state index is 9.36. The van der Waals surface area contributed by atoms with Gasteiger partial charge in [-0.1, -0.05) is 22.0 Å². The summed E-state index contributed by atoms with van der Waals surface area (Å²) in [6.07, 6.45) is 1.83. The van der Waals surface area contributed by atoms with Crippen LogP contribution in [-0.2, 0) is 0 Å². The molecule has 26 heavy (non-hydrogen) atoms. The molecule has 6 N–H and O–H groups in total. The van der Waals surface area contributed by atoms with Crippen molar-refractivity contribution in [2.45, 2.75) is 19.9 Å². The fourth-order valence-electron chi connectivity index (χ4n) is 2.91. The molecule has 0 fully saturated rings. The molecular formula is C17H15BrN8. The van der Waals surface area contributed by atoms with E-state index in [1.807, 2.05) is 38.2 Å². The smallest absolute Gasteiger partial charge is 0.211 e. The van der Waals surface area contributed by atoms with Gasteiger partial charge in [0.05, 0.1) is 5.69 Å². The van der Waals surface area contributed by atoms with Crippen molar-refractivity contribution >= 4 is 39.2 Å². The number of nitrogen functional groups attached to an aromatic ring is 2. The number of aliphatic imine (C=N–C) groups is 1. The van der Waals surface area contributed by atoms with E-state index < -0.39 is 6.04 Å². The number of hydrogen-bond donors (Lipinski definition) is 4. The lowest BCUT2D eigenvalue weighted by atomic mass is 9.90. The van der Waals surface area contributed by atoms with Gasteiger partial charge >= 0.3 is 0 Å². The second-order valence-electron chi connectivity index (χ2n) is 5.79. The molecule has 3 rings (SSSR count). The first-order valence-corrected chi connectivity index (χ1v) is 8.42. The first-order chi connectivity index (χ1) is 12.4. The van der Waals surface area contributed by atoms with Gasteiger partial charge in [-0.3, -0.25) is 5.32 Å². The minimum atomic E-state index is -0.533. The number of nitriles is 2. The molecule has 1 aliphatic heterocycles. The van der Waals surface area contributed by atoms with Gasteiger partial charge in [-0.2, -0.15) is 10.5 Å². The van der Waals surface area contributed by atoms with Crippen LogP contribution in [0.25, 0.3) is 0 Å². The number of nitrogens with zero attached hydrogens (tertiary/aromatic N) is 4. The molecule has 130 valence electrons. The van der Waals surface area contributed by atoms with Crippen molar-refractivity contribution in [2.24, 2.45) is 4.99 Å². The van der Waals surface area contributed by atoms with Gasteiger partial charge in [-0.05, 0) is 36.6 Å². The number of fused-ring (bicyclic) bond motifs is 1. The van der Waals surface area contributed by atoms with Crippen LogP contribution in [-0.4, -0.2) is 10.9 Å². The molecule has 9 heteroatoms. The minimum Gasteiger partial charge on any atom is -0.397 e. The molecule has 1 unspecified atom stereocenters. The number of halogens is 1. The Kier molecular flexibility index (Phi) is 4.41. The van der Waals surface area contributed by atoms with Crippen LogP contribution in [0.1, 0.15) is 33.9 Å². The van der Waals surface area contributed by atoms with Crippen molar-refractivity contribution in [2.75, 3.05) is 16.8 Å². The lowest BCUT2D eigenvalue weighted by molar-refractivity contribution is 0.836. The number of rotatable bonds is 1. The van der Waals surface area contributed by atoms with Gasteiger partial charge in [0.2, 0.25) is 5.96 Å². The predicted molar refractivity (Wildman–Crippen MR) is 103 cm³/mol. The third kappa shape index (κ3) is 2.68. The first-order valence-electron chi connectivity index (χ1n) is 7.63. The fourth-order valence-corrected chi connectivity index (χ4v) is 3.34. The van der Waals surface area contributed by atoms with Crippen molar-refractivity contribution in [3.63, 3.8) is 0 Å². The lowest BCUT2D eigenvalue weighted by Gasteiger charge is -2.27. The Hall–Kier alpha value is -3.30. The second kappa shape index (κ2) is 6.54. The maximum absolute atomic E-state index is 9.36. The maximum Gasteiger partial charge on any atom is 0.211 e. The molecule has 1 aromatic carbocycles. The average molecular weight is 411 g/mol. The summed E-state index contributed by atoms with van der Waals surface area (Å²) in [6, 6.07) is 5.32. The molecule has 0 spiro atoms. The van der Waals surface area contributed by atoms with Crippen molar-refractivity contribution in [3.8, 4) is 12.3 Å². The SMILES string of the molecule is Cc1c(Br)ccc(C2N=C(NC#N)Nc3nc(N)c(C#N)c(N)c32)c1C. The van der Waals surface area contributed by atoms with E-state index in [-0.39, 0.29) is 23.0 Å². The van der Waals surface area contributed by atoms with E-state index in [9.17, 15) is 5.26 Å². The monoisotopic (exact) mass is 410 g/mol. The highest BCUT2D eigenvalue weighted by Crippen LogP contribution is 2.42. The molecule has 0 aliphatic carbocycles. The van der Waals surface area contributed by atoms with Gasteiger partial charge in [-0.15, -0.1) is 0 Å². The van der Waals surface area contributed by atoms with Crippen molar-refractivity contribution in [1.82, 2.24) is 10.3 Å². The van der Waals surface area contributed by atoms with Gasteiger partial charge in [0.15, 0.2) is 6.19 Å². The summed E-state index contributed by atoms with van der Waals surface area (Å²) in [5.41, 5.74) is 16.0. The fraction of sp³-hybridized carbons (Fsp3) is 0.176. The van der Waals surface area contributed by atoms with E-state index in [0.717, 1.165) is 21.2 Å². The number of anilines is 3. The molecule has 2 heterocycles. The molecule has 0 saturated carbocycles. The number of hydrogen-bond acceptors (Lipinski definition) is 8. The summed E-state index contributed by atoms with van der Waals surface area (Å²) in [4.78, 5) is 8.81. The summed E-state index contributed by atoms with van der Waals surface area (Å²) >= 11 is 3.52. The zero-order valence-corrected chi connectivity index (χ0v) is 15.6. The quantitative estimate of drug-likeness (QED) is 0.416. The van der Waals surface area contributed by atoms with Crippen LogP contribution in [0.4, 0.5) is 17.3 Å². The average Bonchev–Trinajstić information content (AvgIpc) is 2.59. The predicted octanol–water partition coefficient (Wildman–Crippen LogP) is 2.44. The molecule has 2 aromatic rings. The number of nitrogens with two attached hydrogens (primary N) is 2. The van der Waals surface area contributed by atoms with E-state index in [0.29, 0.717) is 11.4 Å². The highest BCUT2D eigenvalue weighted by molar-refractivity contribution is 9.10. The van der Waals surface area contributed by atoms with Gasteiger partial charge in [-0.25, -0.2) is 9.98 Å². The Morgan fingerprint density at radius 2 is 1.96 bits per heavy atom. The Morgan fingerprint density at radius 1 is 1.23 bits per heavy atom. The number of benzene rings is 1. The Labute approximate surface area is 158 Å². The van der Waals surface area contributed by atoms with Crippen molar-refractivity contribution in [3.05, 3.63) is 44.4 Å². The van der Waals surface area contributed by atoms with E-state index in [1.165, 1.54) is 0 Å². The number of guanidine groups is 1. The first kappa shape index (κ1) is 17.5. The van der Waals surface area contributed by atoms with E-state index in [4.69, 9.17) is 16.7 Å². The van der Waals surface area contributed by atoms with Crippen LogP contribution in [0.5, 0.6) is 0 Å². The highest BCUT2D eigenvalue weighted by Gasteiger charge is 2.30. The summed E-state index contributed by atoms with van der Waals surface area (Å²) in [5, 5.41) is 23.7. The zero-order chi connectivity index (χ0) is 19.0. The molecule has 1 aliphatic rings. The molecule has 0 saturated heterocycles. The number of pyridine rings is 1. The van der Waals surface area contributed by atoms with E-state index in [1.54, 1.807) is 0 Å². The van der Waals surface area contributed by atoms with Crippen molar-refractivity contribution < 1.29 is 0 Å². The van der Waals surface area contributed by atoms with Crippen LogP contribution in [0.15, 0.2) is 21.6 Å². The minimum absolute atomic E-state index is 0.0249. The van der Waals surface area contributed by atoms with Crippen LogP contribution in [0.3, 0.4) is 0 Å². The summed E-state index contributed by atoms with van der Waals surface area (Å²) < 4.78 is 0.980. The number of aromatic nitrogens is 1. The topological polar surface area (TPSA) is 149 Å². The highest BCUT2D eigenvalue weighted by atomic mass is 79.9. The number of nitrogens with one attached hydrogen (secondary N) is 2. The molecule has 0 amide bonds. The summed E-state index contributed by atoms with van der Waals surface area (Å²) in [6.45, 7) is 3.98. The standard InChI is InChI=1S/C17H15BrN8/c1-7-8(2)11(18)4-3-9(7)14-12-13(21)10(5-19)15(22)25-16(12)26-17(24-14)23-6-20/h3-4,14H,1-2H3,(H6,21,22,23,24,25,26).